The molecule has 0 saturated heterocycles. The number of benzene rings is 2. The molecule has 5 rings (SSSR count). The smallest absolute Gasteiger partial charge is 0.159 e. The monoisotopic (exact) mass is 370 g/mol. The van der Waals surface area contributed by atoms with E-state index in [0.717, 1.165) is 27.5 Å². The van der Waals surface area contributed by atoms with Crippen LogP contribution in [0.5, 0.6) is 0 Å². The number of nitrogens with zero attached hydrogens (tertiary/aromatic N) is 4. The fourth-order valence-corrected chi connectivity index (χ4v) is 3.84. The lowest BCUT2D eigenvalue weighted by Gasteiger charge is -2.20. The van der Waals surface area contributed by atoms with Crippen molar-refractivity contribution in [1.29, 1.82) is 0 Å². The van der Waals surface area contributed by atoms with Crippen LogP contribution in [0.2, 0.25) is 0 Å². The second-order valence-corrected chi connectivity index (χ2v) is 7.31. The van der Waals surface area contributed by atoms with Gasteiger partial charge in [0.1, 0.15) is 5.67 Å². The number of para-hydroxylation sites is 1. The van der Waals surface area contributed by atoms with E-state index in [1.165, 1.54) is 0 Å². The van der Waals surface area contributed by atoms with Crippen LogP contribution in [-0.4, -0.2) is 19.3 Å². The molecule has 5 aromatic rings. The molecule has 0 aliphatic rings. The molecule has 138 valence electrons. The fourth-order valence-electron chi connectivity index (χ4n) is 3.84. The van der Waals surface area contributed by atoms with Gasteiger partial charge in [-0.15, -0.1) is 0 Å². The topological polar surface area (TPSA) is 35.6 Å². The molecule has 3 aromatic heterocycles. The van der Waals surface area contributed by atoms with Gasteiger partial charge in [-0.2, -0.15) is 0 Å². The summed E-state index contributed by atoms with van der Waals surface area (Å²) in [5.41, 5.74) is 2.83. The number of alkyl halides is 1. The summed E-state index contributed by atoms with van der Waals surface area (Å²) in [6, 6.07) is 19.6. The minimum Gasteiger partial charge on any atom is -0.254 e. The Kier molecular flexibility index (Phi) is 3.59. The molecule has 0 aliphatic carbocycles. The molecule has 0 aliphatic heterocycles. The summed E-state index contributed by atoms with van der Waals surface area (Å²) >= 11 is 0. The maximum Gasteiger partial charge on any atom is 0.159 e. The molecule has 0 N–H and O–H groups in total. The predicted octanol–water partition coefficient (Wildman–Crippen LogP) is 5.57. The molecule has 0 amide bonds. The highest BCUT2D eigenvalue weighted by molar-refractivity contribution is 6.05. The Labute approximate surface area is 161 Å². The first-order valence-corrected chi connectivity index (χ1v) is 9.22. The first kappa shape index (κ1) is 16.7. The summed E-state index contributed by atoms with van der Waals surface area (Å²) in [7, 11) is 0. The Hall–Kier alpha value is -3.47. The second kappa shape index (κ2) is 6.02. The van der Waals surface area contributed by atoms with E-state index in [0.29, 0.717) is 11.4 Å². The molecule has 0 atom stereocenters. The number of hydrogen-bond acceptors (Lipinski definition) is 2. The number of rotatable bonds is 3. The summed E-state index contributed by atoms with van der Waals surface area (Å²) in [6.07, 6.45) is 5.44. The van der Waals surface area contributed by atoms with Crippen molar-refractivity contribution < 1.29 is 4.39 Å². The van der Waals surface area contributed by atoms with Crippen LogP contribution in [0.15, 0.2) is 79.3 Å². The zero-order chi connectivity index (χ0) is 19.3. The van der Waals surface area contributed by atoms with Crippen LogP contribution in [-0.2, 0) is 5.67 Å². The second-order valence-electron chi connectivity index (χ2n) is 7.31. The van der Waals surface area contributed by atoms with Crippen LogP contribution >= 0.6 is 0 Å². The first-order valence-electron chi connectivity index (χ1n) is 9.22. The standard InChI is InChI=1S/C23H19FN4/c1-23(2,24)18-10-5-3-8-16(18)22-26-14-15-27(22)28-19-11-6-4-9-17(19)21-20(28)12-7-13-25-21/h3-15H,1-2H3. The lowest BCUT2D eigenvalue weighted by molar-refractivity contribution is 0.222. The summed E-state index contributed by atoms with van der Waals surface area (Å²) in [6.45, 7) is 3.15. The van der Waals surface area contributed by atoms with E-state index < -0.39 is 5.67 Å². The van der Waals surface area contributed by atoms with Crippen molar-refractivity contribution in [2.45, 2.75) is 19.5 Å². The van der Waals surface area contributed by atoms with Gasteiger partial charge < -0.3 is 0 Å². The van der Waals surface area contributed by atoms with E-state index in [2.05, 4.69) is 26.8 Å². The summed E-state index contributed by atoms with van der Waals surface area (Å²) in [4.78, 5) is 9.17. The number of imidazole rings is 1. The highest BCUT2D eigenvalue weighted by Crippen LogP contribution is 2.35. The molecule has 0 unspecified atom stereocenters. The van der Waals surface area contributed by atoms with Crippen molar-refractivity contribution in [2.75, 3.05) is 0 Å². The molecule has 28 heavy (non-hydrogen) atoms. The molecule has 3 heterocycles. The molecule has 0 saturated carbocycles. The maximum absolute atomic E-state index is 14.9. The number of halogens is 1. The number of fused-ring (bicyclic) bond motifs is 3. The van der Waals surface area contributed by atoms with Crippen molar-refractivity contribution in [1.82, 2.24) is 19.3 Å². The van der Waals surface area contributed by atoms with Crippen molar-refractivity contribution in [3.05, 3.63) is 84.8 Å². The van der Waals surface area contributed by atoms with E-state index in [-0.39, 0.29) is 0 Å². The Bertz CT molecular complexity index is 1250. The van der Waals surface area contributed by atoms with Gasteiger partial charge in [0.2, 0.25) is 0 Å². The van der Waals surface area contributed by atoms with Gasteiger partial charge >= 0.3 is 0 Å². The third-order valence-electron chi connectivity index (χ3n) is 5.05. The zero-order valence-electron chi connectivity index (χ0n) is 15.7. The molecule has 0 spiro atoms. The highest BCUT2D eigenvalue weighted by Gasteiger charge is 2.25. The van der Waals surface area contributed by atoms with Gasteiger partial charge in [-0.1, -0.05) is 42.5 Å². The largest absolute Gasteiger partial charge is 0.254 e. The first-order chi connectivity index (χ1) is 13.6. The number of hydrogen-bond donors (Lipinski definition) is 0. The van der Waals surface area contributed by atoms with E-state index in [1.54, 1.807) is 26.2 Å². The molecule has 5 heteroatoms. The zero-order valence-corrected chi connectivity index (χ0v) is 15.7. The Morgan fingerprint density at radius 1 is 0.821 bits per heavy atom. The van der Waals surface area contributed by atoms with Gasteiger partial charge in [0.25, 0.3) is 0 Å². The Balaban J connectivity index is 1.85. The summed E-state index contributed by atoms with van der Waals surface area (Å²) in [5.74, 6) is 0.688. The van der Waals surface area contributed by atoms with Crippen molar-refractivity contribution in [3.63, 3.8) is 0 Å². The van der Waals surface area contributed by atoms with Crippen molar-refractivity contribution in [3.8, 4) is 11.4 Å². The van der Waals surface area contributed by atoms with Crippen molar-refractivity contribution >= 4 is 21.9 Å². The molecule has 0 fully saturated rings. The molecule has 4 nitrogen and oxygen atoms in total. The number of pyridine rings is 1. The minimum absolute atomic E-state index is 0.612. The molecule has 0 radical (unpaired) electrons. The van der Waals surface area contributed by atoms with E-state index >= 15 is 0 Å². The Morgan fingerprint density at radius 3 is 2.43 bits per heavy atom. The van der Waals surface area contributed by atoms with Crippen LogP contribution < -0.4 is 0 Å². The summed E-state index contributed by atoms with van der Waals surface area (Å²) < 4.78 is 19.0. The van der Waals surface area contributed by atoms with Crippen LogP contribution in [0.1, 0.15) is 19.4 Å². The van der Waals surface area contributed by atoms with Gasteiger partial charge in [0.05, 0.1) is 16.6 Å². The van der Waals surface area contributed by atoms with Gasteiger partial charge in [0.15, 0.2) is 5.82 Å². The van der Waals surface area contributed by atoms with Gasteiger partial charge in [-0.3, -0.25) is 4.98 Å². The van der Waals surface area contributed by atoms with Gasteiger partial charge in [0, 0.05) is 29.5 Å². The van der Waals surface area contributed by atoms with E-state index in [4.69, 9.17) is 0 Å². The molecule has 2 aromatic carbocycles. The summed E-state index contributed by atoms with van der Waals surface area (Å²) in [5, 5.41) is 1.07. The van der Waals surface area contributed by atoms with E-state index in [9.17, 15) is 4.39 Å². The van der Waals surface area contributed by atoms with Crippen LogP contribution in [0.4, 0.5) is 4.39 Å². The van der Waals surface area contributed by atoms with Gasteiger partial charge in [-0.25, -0.2) is 18.7 Å². The lowest BCUT2D eigenvalue weighted by atomic mass is 9.94. The number of aromatic nitrogens is 4. The SMILES string of the molecule is CC(C)(F)c1ccccc1-c1nccn1-n1c2ccccc2c2ncccc21. The predicted molar refractivity (Wildman–Crippen MR) is 110 cm³/mol. The Morgan fingerprint density at radius 2 is 1.57 bits per heavy atom. The third-order valence-corrected chi connectivity index (χ3v) is 5.05. The van der Waals surface area contributed by atoms with Crippen LogP contribution in [0.25, 0.3) is 33.3 Å². The molecular formula is C23H19FN4. The van der Waals surface area contributed by atoms with Crippen LogP contribution in [0.3, 0.4) is 0 Å². The fraction of sp³-hybridized carbons (Fsp3) is 0.130. The van der Waals surface area contributed by atoms with Gasteiger partial charge in [-0.05, 0) is 37.6 Å². The lowest BCUT2D eigenvalue weighted by Crippen LogP contribution is -2.14. The molecule has 0 bridgehead atoms. The average molecular weight is 370 g/mol. The van der Waals surface area contributed by atoms with E-state index in [1.807, 2.05) is 59.4 Å². The minimum atomic E-state index is -1.48. The average Bonchev–Trinajstić information content (AvgIpc) is 3.29. The molecular weight excluding hydrogens is 351 g/mol. The van der Waals surface area contributed by atoms with Crippen LogP contribution in [0, 0.1) is 0 Å². The highest BCUT2D eigenvalue weighted by atomic mass is 19.1. The quantitative estimate of drug-likeness (QED) is 0.416. The maximum atomic E-state index is 14.9. The third kappa shape index (κ3) is 2.43. The normalized spacial score (nSPS) is 12.1. The van der Waals surface area contributed by atoms with Crippen molar-refractivity contribution in [2.24, 2.45) is 0 Å².